The van der Waals surface area contributed by atoms with Gasteiger partial charge in [0.25, 0.3) is 0 Å². The number of halogens is 6. The SMILES string of the molecule is CC(C)(C)OC(=O)c1c(COc2ccc(-c3ccc(CC(=O)O)cc3C(F)(F)F)cc2)ccc(C(F)(F)F)c1O. The molecular weight excluding hydrogens is 546 g/mol. The van der Waals surface area contributed by atoms with Crippen LogP contribution in [0.4, 0.5) is 26.3 Å². The fourth-order valence-electron chi connectivity index (χ4n) is 3.79. The van der Waals surface area contributed by atoms with Crippen molar-refractivity contribution in [3.05, 3.63) is 82.4 Å². The molecule has 12 heteroatoms. The molecule has 2 N–H and O–H groups in total. The molecule has 3 rings (SSSR count). The molecule has 0 saturated carbocycles. The maximum Gasteiger partial charge on any atom is 0.419 e. The second-order valence-electron chi connectivity index (χ2n) is 9.76. The molecule has 0 heterocycles. The van der Waals surface area contributed by atoms with Crippen molar-refractivity contribution in [1.29, 1.82) is 0 Å². The van der Waals surface area contributed by atoms with Gasteiger partial charge in [0.1, 0.15) is 29.3 Å². The molecule has 6 nitrogen and oxygen atoms in total. The molecule has 0 aliphatic rings. The van der Waals surface area contributed by atoms with Crippen molar-refractivity contribution in [3.63, 3.8) is 0 Å². The third-order valence-electron chi connectivity index (χ3n) is 5.48. The third-order valence-corrected chi connectivity index (χ3v) is 5.48. The summed E-state index contributed by atoms with van der Waals surface area (Å²) in [6, 6.07) is 10.0. The lowest BCUT2D eigenvalue weighted by Crippen LogP contribution is -2.25. The number of hydrogen-bond acceptors (Lipinski definition) is 5. The Morgan fingerprint density at radius 1 is 0.825 bits per heavy atom. The number of rotatable bonds is 7. The van der Waals surface area contributed by atoms with Crippen LogP contribution < -0.4 is 4.74 Å². The average Bonchev–Trinajstić information content (AvgIpc) is 2.80. The number of carboxylic acid groups (broad SMARTS) is 1. The Hall–Kier alpha value is -4.22. The van der Waals surface area contributed by atoms with E-state index in [4.69, 9.17) is 14.6 Å². The quantitative estimate of drug-likeness (QED) is 0.230. The second-order valence-corrected chi connectivity index (χ2v) is 9.76. The number of phenolic OH excluding ortho intramolecular Hbond substituents is 1. The smallest absolute Gasteiger partial charge is 0.419 e. The zero-order chi connectivity index (χ0) is 30.0. The van der Waals surface area contributed by atoms with Gasteiger partial charge in [-0.2, -0.15) is 26.3 Å². The van der Waals surface area contributed by atoms with Gasteiger partial charge in [-0.05, 0) is 61.7 Å². The number of carboxylic acids is 1. The van der Waals surface area contributed by atoms with Crippen LogP contribution in [0.15, 0.2) is 54.6 Å². The van der Waals surface area contributed by atoms with Gasteiger partial charge in [0.05, 0.1) is 17.5 Å². The predicted octanol–water partition coefficient (Wildman–Crippen LogP) is 7.26. The lowest BCUT2D eigenvalue weighted by Gasteiger charge is -2.22. The molecule has 3 aromatic rings. The van der Waals surface area contributed by atoms with E-state index in [0.29, 0.717) is 6.07 Å². The average molecular weight is 570 g/mol. The molecule has 40 heavy (non-hydrogen) atoms. The number of hydrogen-bond donors (Lipinski definition) is 2. The molecule has 0 aliphatic carbocycles. The summed E-state index contributed by atoms with van der Waals surface area (Å²) < 4.78 is 91.7. The molecule has 0 aliphatic heterocycles. The van der Waals surface area contributed by atoms with Crippen LogP contribution in [0, 0.1) is 0 Å². The molecule has 0 spiro atoms. The van der Waals surface area contributed by atoms with Crippen LogP contribution in [0.5, 0.6) is 11.5 Å². The zero-order valence-corrected chi connectivity index (χ0v) is 21.4. The van der Waals surface area contributed by atoms with Crippen molar-refractivity contribution in [2.75, 3.05) is 0 Å². The van der Waals surface area contributed by atoms with E-state index in [-0.39, 0.29) is 28.0 Å². The summed E-state index contributed by atoms with van der Waals surface area (Å²) in [5.74, 6) is -3.69. The van der Waals surface area contributed by atoms with E-state index in [9.17, 15) is 41.0 Å². The number of aliphatic carboxylic acids is 1. The summed E-state index contributed by atoms with van der Waals surface area (Å²) in [6.07, 6.45) is -10.3. The number of esters is 1. The number of alkyl halides is 6. The van der Waals surface area contributed by atoms with Gasteiger partial charge in [0.15, 0.2) is 0 Å². The molecule has 0 bridgehead atoms. The number of benzene rings is 3. The highest BCUT2D eigenvalue weighted by Gasteiger charge is 2.38. The van der Waals surface area contributed by atoms with Gasteiger partial charge >= 0.3 is 24.3 Å². The summed E-state index contributed by atoms with van der Waals surface area (Å²) in [6.45, 7) is 4.02. The van der Waals surface area contributed by atoms with Gasteiger partial charge in [-0.25, -0.2) is 4.79 Å². The van der Waals surface area contributed by atoms with Gasteiger partial charge in [0.2, 0.25) is 0 Å². The lowest BCUT2D eigenvalue weighted by atomic mass is 9.96. The van der Waals surface area contributed by atoms with E-state index >= 15 is 0 Å². The van der Waals surface area contributed by atoms with Crippen molar-refractivity contribution in [2.24, 2.45) is 0 Å². The highest BCUT2D eigenvalue weighted by Crippen LogP contribution is 2.40. The predicted molar refractivity (Wildman–Crippen MR) is 131 cm³/mol. The molecular formula is C28H24F6O6. The molecule has 0 saturated heterocycles. The molecule has 0 fully saturated rings. The minimum absolute atomic E-state index is 0.0240. The van der Waals surface area contributed by atoms with Gasteiger partial charge in [-0.3, -0.25) is 4.79 Å². The minimum atomic E-state index is -4.95. The van der Waals surface area contributed by atoms with Crippen LogP contribution in [-0.2, 0) is 34.9 Å². The third kappa shape index (κ3) is 7.45. The van der Waals surface area contributed by atoms with Crippen LogP contribution in [0.25, 0.3) is 11.1 Å². The Morgan fingerprint density at radius 3 is 1.95 bits per heavy atom. The summed E-state index contributed by atoms with van der Waals surface area (Å²) in [5, 5.41) is 19.2. The first-order valence-electron chi connectivity index (χ1n) is 11.7. The van der Waals surface area contributed by atoms with E-state index in [2.05, 4.69) is 0 Å². The normalized spacial score (nSPS) is 12.2. The van der Waals surface area contributed by atoms with E-state index in [0.717, 1.165) is 18.2 Å². The van der Waals surface area contributed by atoms with Crippen molar-refractivity contribution < 1.29 is 55.6 Å². The Kier molecular flexibility index (Phi) is 8.42. The Labute approximate surface area is 224 Å². The van der Waals surface area contributed by atoms with Crippen LogP contribution in [-0.4, -0.2) is 27.8 Å². The number of carbonyl (C=O) groups excluding carboxylic acids is 1. The van der Waals surface area contributed by atoms with Gasteiger partial charge in [-0.15, -0.1) is 0 Å². The Balaban J connectivity index is 1.90. The molecule has 0 aromatic heterocycles. The van der Waals surface area contributed by atoms with Gasteiger partial charge in [0, 0.05) is 5.56 Å². The van der Waals surface area contributed by atoms with Crippen molar-refractivity contribution in [2.45, 2.75) is 51.8 Å². The molecule has 3 aromatic carbocycles. The molecule has 0 radical (unpaired) electrons. The largest absolute Gasteiger partial charge is 0.506 e. The number of carbonyl (C=O) groups is 2. The first kappa shape index (κ1) is 30.3. The first-order valence-corrected chi connectivity index (χ1v) is 11.7. The van der Waals surface area contributed by atoms with Crippen LogP contribution in [0.2, 0.25) is 0 Å². The fraction of sp³-hybridized carbons (Fsp3) is 0.286. The van der Waals surface area contributed by atoms with E-state index in [1.807, 2.05) is 0 Å². The fourth-order valence-corrected chi connectivity index (χ4v) is 3.79. The van der Waals surface area contributed by atoms with Crippen LogP contribution in [0.3, 0.4) is 0 Å². The standard InChI is InChI=1S/C28H24F6O6/c1-26(2,3)40-25(38)23-17(7-11-20(24(23)37)27(29,30)31)14-39-18-8-5-16(6-9-18)19-10-4-15(13-22(35)36)12-21(19)28(32,33)34/h4-12,37H,13-14H2,1-3H3,(H,35,36). The van der Waals surface area contributed by atoms with E-state index in [1.165, 1.54) is 51.1 Å². The monoisotopic (exact) mass is 570 g/mol. The topological polar surface area (TPSA) is 93.1 Å². The second kappa shape index (κ2) is 11.1. The maximum absolute atomic E-state index is 13.7. The molecule has 0 amide bonds. The highest BCUT2D eigenvalue weighted by molar-refractivity contribution is 5.95. The Bertz CT molecular complexity index is 1400. The van der Waals surface area contributed by atoms with Crippen LogP contribution >= 0.6 is 0 Å². The lowest BCUT2D eigenvalue weighted by molar-refractivity contribution is -0.139. The minimum Gasteiger partial charge on any atom is -0.506 e. The van der Waals surface area contributed by atoms with Crippen molar-refractivity contribution in [3.8, 4) is 22.6 Å². The maximum atomic E-state index is 13.7. The van der Waals surface area contributed by atoms with Crippen molar-refractivity contribution in [1.82, 2.24) is 0 Å². The van der Waals surface area contributed by atoms with Gasteiger partial charge in [-0.1, -0.05) is 30.3 Å². The van der Waals surface area contributed by atoms with Crippen molar-refractivity contribution >= 4 is 11.9 Å². The highest BCUT2D eigenvalue weighted by atomic mass is 19.4. The first-order chi connectivity index (χ1) is 18.4. The summed E-state index contributed by atoms with van der Waals surface area (Å²) >= 11 is 0. The van der Waals surface area contributed by atoms with E-state index in [1.54, 1.807) is 0 Å². The van der Waals surface area contributed by atoms with Crippen LogP contribution in [0.1, 0.15) is 53.4 Å². The summed E-state index contributed by atoms with van der Waals surface area (Å²) in [4.78, 5) is 23.6. The molecule has 0 atom stereocenters. The molecule has 0 unspecified atom stereocenters. The number of ether oxygens (including phenoxy) is 2. The zero-order valence-electron chi connectivity index (χ0n) is 21.4. The molecule has 214 valence electrons. The Morgan fingerprint density at radius 2 is 1.43 bits per heavy atom. The number of aromatic hydroxyl groups is 1. The number of phenols is 1. The van der Waals surface area contributed by atoms with E-state index < -0.39 is 65.4 Å². The summed E-state index contributed by atoms with van der Waals surface area (Å²) in [5.41, 5.74) is -4.46. The summed E-state index contributed by atoms with van der Waals surface area (Å²) in [7, 11) is 0. The van der Waals surface area contributed by atoms with Gasteiger partial charge < -0.3 is 19.7 Å².